The number of amides is 1. The van der Waals surface area contributed by atoms with Crippen LogP contribution in [-0.4, -0.2) is 40.6 Å². The number of carbonyl (C=O) groups excluding carboxylic acids is 1. The fourth-order valence-corrected chi connectivity index (χ4v) is 2.42. The van der Waals surface area contributed by atoms with E-state index in [9.17, 15) is 14.3 Å². The van der Waals surface area contributed by atoms with E-state index in [-0.39, 0.29) is 11.7 Å². The van der Waals surface area contributed by atoms with Crippen molar-refractivity contribution in [2.24, 2.45) is 5.92 Å². The third-order valence-electron chi connectivity index (χ3n) is 3.79. The molecular formula is C15H17FN2O2. The number of hydrogen-bond acceptors (Lipinski definition) is 2. The molecule has 1 amide bonds. The van der Waals surface area contributed by atoms with Crippen LogP contribution >= 0.6 is 0 Å². The second-order valence-corrected chi connectivity index (χ2v) is 5.51. The van der Waals surface area contributed by atoms with Crippen molar-refractivity contribution in [1.82, 2.24) is 9.88 Å². The molecule has 0 saturated heterocycles. The lowest BCUT2D eigenvalue weighted by molar-refractivity contribution is 0.0641. The highest BCUT2D eigenvalue weighted by molar-refractivity contribution is 5.97. The van der Waals surface area contributed by atoms with Crippen molar-refractivity contribution in [2.45, 2.75) is 18.9 Å². The molecule has 3 rings (SSSR count). The molecule has 2 aromatic rings. The van der Waals surface area contributed by atoms with Gasteiger partial charge in [-0.25, -0.2) is 4.39 Å². The summed E-state index contributed by atoms with van der Waals surface area (Å²) in [5, 5.41) is 10.5. The predicted molar refractivity (Wildman–Crippen MR) is 73.9 cm³/mol. The first-order chi connectivity index (χ1) is 9.54. The first kappa shape index (κ1) is 13.1. The number of nitrogens with one attached hydrogen (secondary N) is 1. The number of fused-ring (bicyclic) bond motifs is 1. The molecule has 1 heterocycles. The van der Waals surface area contributed by atoms with Crippen LogP contribution in [0.5, 0.6) is 0 Å². The summed E-state index contributed by atoms with van der Waals surface area (Å²) in [5.74, 6) is -0.184. The van der Waals surface area contributed by atoms with Crippen molar-refractivity contribution >= 4 is 16.8 Å². The summed E-state index contributed by atoms with van der Waals surface area (Å²) in [6.45, 7) is 0.327. The van der Waals surface area contributed by atoms with Crippen molar-refractivity contribution < 1.29 is 14.3 Å². The average molecular weight is 276 g/mol. The molecule has 1 fully saturated rings. The first-order valence-corrected chi connectivity index (χ1v) is 6.76. The Hall–Kier alpha value is -1.88. The van der Waals surface area contributed by atoms with Crippen molar-refractivity contribution in [2.75, 3.05) is 13.6 Å². The zero-order chi connectivity index (χ0) is 14.3. The largest absolute Gasteiger partial charge is 0.391 e. The number of aliphatic hydroxyl groups excluding tert-OH is 1. The van der Waals surface area contributed by atoms with E-state index in [0.29, 0.717) is 23.5 Å². The number of likely N-dealkylation sites (N-methyl/N-ethyl adjacent to an activating group) is 1. The Bertz CT molecular complexity index is 648. The zero-order valence-corrected chi connectivity index (χ0v) is 11.3. The number of carbonyl (C=O) groups is 1. The molecule has 0 radical (unpaired) electrons. The summed E-state index contributed by atoms with van der Waals surface area (Å²) >= 11 is 0. The summed E-state index contributed by atoms with van der Waals surface area (Å²) in [4.78, 5) is 16.8. The number of rotatable bonds is 4. The lowest BCUT2D eigenvalue weighted by Gasteiger charge is -2.20. The maximum absolute atomic E-state index is 13.1. The normalized spacial score (nSPS) is 16.4. The first-order valence-electron chi connectivity index (χ1n) is 6.76. The molecule has 1 aromatic heterocycles. The van der Waals surface area contributed by atoms with E-state index >= 15 is 0 Å². The third-order valence-corrected chi connectivity index (χ3v) is 3.79. The van der Waals surface area contributed by atoms with Crippen LogP contribution in [0.2, 0.25) is 0 Å². The van der Waals surface area contributed by atoms with Gasteiger partial charge in [-0.2, -0.15) is 0 Å². The monoisotopic (exact) mass is 276 g/mol. The van der Waals surface area contributed by atoms with Crippen molar-refractivity contribution in [3.8, 4) is 0 Å². The third kappa shape index (κ3) is 2.54. The van der Waals surface area contributed by atoms with Crippen LogP contribution < -0.4 is 0 Å². The van der Waals surface area contributed by atoms with E-state index in [1.807, 2.05) is 0 Å². The summed E-state index contributed by atoms with van der Waals surface area (Å²) in [5.41, 5.74) is 1.14. The number of benzene rings is 1. The van der Waals surface area contributed by atoms with Crippen LogP contribution in [0.15, 0.2) is 24.3 Å². The fraction of sp³-hybridized carbons (Fsp3) is 0.400. The highest BCUT2D eigenvalue weighted by Crippen LogP contribution is 2.32. The molecule has 0 bridgehead atoms. The van der Waals surface area contributed by atoms with E-state index in [1.165, 1.54) is 17.0 Å². The smallest absolute Gasteiger partial charge is 0.270 e. The van der Waals surface area contributed by atoms with Crippen molar-refractivity contribution in [3.05, 3.63) is 35.8 Å². The molecule has 1 saturated carbocycles. The summed E-state index contributed by atoms with van der Waals surface area (Å²) in [7, 11) is 1.67. The predicted octanol–water partition coefficient (Wildman–Crippen LogP) is 2.15. The average Bonchev–Trinajstić information content (AvgIpc) is 3.18. The number of nitrogens with zero attached hydrogens (tertiary/aromatic N) is 1. The summed E-state index contributed by atoms with van der Waals surface area (Å²) < 4.78 is 13.1. The highest BCUT2D eigenvalue weighted by atomic mass is 19.1. The number of aliphatic hydroxyl groups is 1. The summed E-state index contributed by atoms with van der Waals surface area (Å²) in [6, 6.07) is 6.00. The van der Waals surface area contributed by atoms with Gasteiger partial charge in [0.25, 0.3) is 5.91 Å². The van der Waals surface area contributed by atoms with Crippen LogP contribution in [0, 0.1) is 11.7 Å². The minimum absolute atomic E-state index is 0.193. The Morgan fingerprint density at radius 3 is 2.95 bits per heavy atom. The fourth-order valence-electron chi connectivity index (χ4n) is 2.42. The second kappa shape index (κ2) is 4.90. The molecule has 20 heavy (non-hydrogen) atoms. The molecule has 1 aliphatic carbocycles. The van der Waals surface area contributed by atoms with Gasteiger partial charge in [0.05, 0.1) is 6.10 Å². The Morgan fingerprint density at radius 2 is 2.25 bits per heavy atom. The molecule has 1 aromatic carbocycles. The van der Waals surface area contributed by atoms with E-state index in [4.69, 9.17) is 0 Å². The number of H-pyrrole nitrogens is 1. The topological polar surface area (TPSA) is 56.3 Å². The number of aromatic amines is 1. The lowest BCUT2D eigenvalue weighted by atomic mass is 10.2. The Kier molecular flexibility index (Phi) is 3.22. The van der Waals surface area contributed by atoms with E-state index in [0.717, 1.165) is 18.4 Å². The molecule has 1 aliphatic rings. The lowest BCUT2D eigenvalue weighted by Crippen LogP contribution is -2.35. The van der Waals surface area contributed by atoms with Crippen LogP contribution in [0.25, 0.3) is 10.9 Å². The van der Waals surface area contributed by atoms with Gasteiger partial charge in [-0.15, -0.1) is 0 Å². The number of aromatic nitrogens is 1. The van der Waals surface area contributed by atoms with Crippen LogP contribution in [0.3, 0.4) is 0 Å². The number of halogens is 1. The van der Waals surface area contributed by atoms with E-state index in [1.54, 1.807) is 19.2 Å². The zero-order valence-electron chi connectivity index (χ0n) is 11.3. The molecule has 0 aliphatic heterocycles. The standard InChI is InChI=1S/C15H17FN2O2/c1-18(8-14(19)9-2-3-9)15(20)13-7-10-6-11(16)4-5-12(10)17-13/h4-7,9,14,17,19H,2-3,8H2,1H3. The Morgan fingerprint density at radius 1 is 1.50 bits per heavy atom. The maximum Gasteiger partial charge on any atom is 0.270 e. The van der Waals surface area contributed by atoms with Gasteiger partial charge in [-0.05, 0) is 43.0 Å². The molecule has 5 heteroatoms. The van der Waals surface area contributed by atoms with Crippen molar-refractivity contribution in [1.29, 1.82) is 0 Å². The van der Waals surface area contributed by atoms with Gasteiger partial charge < -0.3 is 15.0 Å². The Balaban J connectivity index is 1.76. The van der Waals surface area contributed by atoms with Crippen molar-refractivity contribution in [3.63, 3.8) is 0 Å². The maximum atomic E-state index is 13.1. The van der Waals surface area contributed by atoms with Gasteiger partial charge in [0.1, 0.15) is 11.5 Å². The van der Waals surface area contributed by atoms with Crippen LogP contribution in [-0.2, 0) is 0 Å². The highest BCUT2D eigenvalue weighted by Gasteiger charge is 2.31. The molecule has 4 nitrogen and oxygen atoms in total. The van der Waals surface area contributed by atoms with Gasteiger partial charge in [-0.3, -0.25) is 4.79 Å². The van der Waals surface area contributed by atoms with Crippen LogP contribution in [0.4, 0.5) is 4.39 Å². The second-order valence-electron chi connectivity index (χ2n) is 5.51. The number of hydrogen-bond donors (Lipinski definition) is 2. The van der Waals surface area contributed by atoms with Gasteiger partial charge >= 0.3 is 0 Å². The quantitative estimate of drug-likeness (QED) is 0.899. The van der Waals surface area contributed by atoms with E-state index in [2.05, 4.69) is 4.98 Å². The van der Waals surface area contributed by atoms with Gasteiger partial charge in [0.2, 0.25) is 0 Å². The molecule has 2 N–H and O–H groups in total. The van der Waals surface area contributed by atoms with Gasteiger partial charge in [-0.1, -0.05) is 0 Å². The SMILES string of the molecule is CN(CC(O)C1CC1)C(=O)c1cc2cc(F)ccc2[nH]1. The molecular weight excluding hydrogens is 259 g/mol. The molecule has 106 valence electrons. The molecule has 1 unspecified atom stereocenters. The van der Waals surface area contributed by atoms with Gasteiger partial charge in [0, 0.05) is 24.5 Å². The minimum atomic E-state index is -0.453. The van der Waals surface area contributed by atoms with Crippen LogP contribution in [0.1, 0.15) is 23.3 Å². The minimum Gasteiger partial charge on any atom is -0.391 e. The summed E-state index contributed by atoms with van der Waals surface area (Å²) in [6.07, 6.45) is 1.62. The van der Waals surface area contributed by atoms with E-state index < -0.39 is 6.10 Å². The molecule has 1 atom stereocenters. The Labute approximate surface area is 116 Å². The molecule has 0 spiro atoms. The van der Waals surface area contributed by atoms with Gasteiger partial charge in [0.15, 0.2) is 0 Å².